The smallest absolute Gasteiger partial charge is 0.290 e. The number of hydrogen-bond acceptors (Lipinski definition) is 4. The van der Waals surface area contributed by atoms with Crippen LogP contribution in [-0.2, 0) is 9.59 Å². The zero-order valence-corrected chi connectivity index (χ0v) is 17.5. The van der Waals surface area contributed by atoms with E-state index in [0.29, 0.717) is 13.1 Å². The van der Waals surface area contributed by atoms with Crippen molar-refractivity contribution in [1.82, 2.24) is 9.80 Å². The average molecular weight is 405 g/mol. The van der Waals surface area contributed by atoms with Crippen LogP contribution in [0.1, 0.15) is 31.0 Å². The monoisotopic (exact) mass is 404 g/mol. The highest BCUT2D eigenvalue weighted by atomic mass is 16.3. The third-order valence-electron chi connectivity index (χ3n) is 5.46. The van der Waals surface area contributed by atoms with Gasteiger partial charge in [-0.15, -0.1) is 0 Å². The zero-order chi connectivity index (χ0) is 21.5. The molecule has 2 aromatic carbocycles. The Kier molecular flexibility index (Phi) is 7.20. The molecule has 2 aromatic rings. The van der Waals surface area contributed by atoms with Crippen molar-refractivity contribution in [2.24, 2.45) is 0 Å². The van der Waals surface area contributed by atoms with E-state index in [0.717, 1.165) is 24.2 Å². The number of ketones is 1. The molecule has 156 valence electrons. The topological polar surface area (TPSA) is 60.9 Å². The van der Waals surface area contributed by atoms with E-state index >= 15 is 0 Å². The number of likely N-dealkylation sites (N-methyl/N-ethyl adjacent to an activating group) is 1. The van der Waals surface area contributed by atoms with Crippen molar-refractivity contribution >= 4 is 17.8 Å². The van der Waals surface area contributed by atoms with Crippen LogP contribution in [0.2, 0.25) is 0 Å². The summed E-state index contributed by atoms with van der Waals surface area (Å²) in [5.74, 6) is -1.30. The number of allylic oxidation sites excluding steroid dienone is 1. The molecule has 1 aliphatic heterocycles. The third kappa shape index (κ3) is 4.69. The van der Waals surface area contributed by atoms with Crippen LogP contribution in [0.15, 0.2) is 78.1 Å². The highest BCUT2D eigenvalue weighted by Crippen LogP contribution is 2.37. The maximum Gasteiger partial charge on any atom is 0.290 e. The van der Waals surface area contributed by atoms with Gasteiger partial charge < -0.3 is 14.9 Å². The number of aliphatic hydroxyl groups is 1. The molecule has 1 unspecified atom stereocenters. The summed E-state index contributed by atoms with van der Waals surface area (Å²) in [5, 5.41) is 10.6. The largest absolute Gasteiger partial charge is 0.503 e. The molecule has 0 saturated carbocycles. The highest BCUT2D eigenvalue weighted by Gasteiger charge is 2.42. The van der Waals surface area contributed by atoms with E-state index in [1.54, 1.807) is 11.0 Å². The van der Waals surface area contributed by atoms with Crippen LogP contribution in [0.5, 0.6) is 0 Å². The van der Waals surface area contributed by atoms with Crippen molar-refractivity contribution in [2.75, 3.05) is 26.2 Å². The van der Waals surface area contributed by atoms with Crippen LogP contribution in [0, 0.1) is 0 Å². The molecule has 0 bridgehead atoms. The fraction of sp³-hybridized carbons (Fsp3) is 0.280. The Hall–Kier alpha value is -3.18. The molecule has 0 aliphatic carbocycles. The molecule has 0 spiro atoms. The van der Waals surface area contributed by atoms with Gasteiger partial charge in [-0.3, -0.25) is 9.59 Å². The van der Waals surface area contributed by atoms with Crippen molar-refractivity contribution in [2.45, 2.75) is 19.9 Å². The van der Waals surface area contributed by atoms with Crippen LogP contribution in [0.3, 0.4) is 0 Å². The van der Waals surface area contributed by atoms with Crippen LogP contribution < -0.4 is 0 Å². The first-order valence-corrected chi connectivity index (χ1v) is 10.4. The summed E-state index contributed by atoms with van der Waals surface area (Å²) in [7, 11) is 0. The number of benzene rings is 2. The first-order chi connectivity index (χ1) is 14.6. The van der Waals surface area contributed by atoms with Gasteiger partial charge in [0.25, 0.3) is 5.91 Å². The Labute approximate surface area is 177 Å². The molecule has 0 saturated heterocycles. The second-order valence-corrected chi connectivity index (χ2v) is 7.21. The molecule has 1 N–H and O–H groups in total. The van der Waals surface area contributed by atoms with Crippen molar-refractivity contribution < 1.29 is 14.7 Å². The minimum Gasteiger partial charge on any atom is -0.503 e. The highest BCUT2D eigenvalue weighted by molar-refractivity contribution is 6.14. The first-order valence-electron chi connectivity index (χ1n) is 10.4. The second-order valence-electron chi connectivity index (χ2n) is 7.21. The van der Waals surface area contributed by atoms with E-state index in [-0.39, 0.29) is 11.4 Å². The predicted octanol–water partition coefficient (Wildman–Crippen LogP) is 4.01. The van der Waals surface area contributed by atoms with Crippen LogP contribution in [-0.4, -0.2) is 52.8 Å². The number of rotatable bonds is 9. The maximum atomic E-state index is 13.1. The number of hydrogen-bond donors (Lipinski definition) is 1. The predicted molar refractivity (Wildman–Crippen MR) is 119 cm³/mol. The Morgan fingerprint density at radius 1 is 1.03 bits per heavy atom. The van der Waals surface area contributed by atoms with Gasteiger partial charge in [-0.05, 0) is 30.3 Å². The summed E-state index contributed by atoms with van der Waals surface area (Å²) in [6.07, 6.45) is 3.13. The number of aliphatic hydroxyl groups excluding tert-OH is 1. The summed E-state index contributed by atoms with van der Waals surface area (Å²) in [5.41, 5.74) is 1.83. The van der Waals surface area contributed by atoms with Crippen molar-refractivity contribution in [3.05, 3.63) is 89.2 Å². The van der Waals surface area contributed by atoms with Crippen molar-refractivity contribution in [1.29, 1.82) is 0 Å². The lowest BCUT2D eigenvalue weighted by Crippen LogP contribution is -2.38. The molecular formula is C25H28N2O3. The minimum absolute atomic E-state index is 0.137. The molecule has 0 radical (unpaired) electrons. The van der Waals surface area contributed by atoms with Gasteiger partial charge in [0.05, 0.1) is 11.6 Å². The lowest BCUT2D eigenvalue weighted by Gasteiger charge is -2.29. The molecule has 1 atom stereocenters. The molecule has 5 heteroatoms. The van der Waals surface area contributed by atoms with Crippen LogP contribution in [0.4, 0.5) is 0 Å². The van der Waals surface area contributed by atoms with Gasteiger partial charge >= 0.3 is 0 Å². The van der Waals surface area contributed by atoms with Crippen molar-refractivity contribution in [3.63, 3.8) is 0 Å². The fourth-order valence-electron chi connectivity index (χ4n) is 3.73. The SMILES string of the molecule is CCN(CC)CCN1C(=O)C(O)=C(C(=O)C=Cc2ccccc2)C1c1ccccc1. The molecule has 30 heavy (non-hydrogen) atoms. The Bertz CT molecular complexity index is 931. The zero-order valence-electron chi connectivity index (χ0n) is 17.5. The van der Waals surface area contributed by atoms with Gasteiger partial charge in [0.2, 0.25) is 0 Å². The maximum absolute atomic E-state index is 13.1. The Balaban J connectivity index is 1.92. The van der Waals surface area contributed by atoms with E-state index in [4.69, 9.17) is 0 Å². The van der Waals surface area contributed by atoms with Gasteiger partial charge in [0.15, 0.2) is 11.5 Å². The second kappa shape index (κ2) is 10.0. The molecule has 5 nitrogen and oxygen atoms in total. The van der Waals surface area contributed by atoms with Gasteiger partial charge in [-0.2, -0.15) is 0 Å². The number of nitrogens with zero attached hydrogens (tertiary/aromatic N) is 2. The normalized spacial score (nSPS) is 16.8. The van der Waals surface area contributed by atoms with Gasteiger partial charge in [-0.25, -0.2) is 0 Å². The lowest BCUT2D eigenvalue weighted by molar-refractivity contribution is -0.129. The van der Waals surface area contributed by atoms with Crippen LogP contribution >= 0.6 is 0 Å². The third-order valence-corrected chi connectivity index (χ3v) is 5.46. The van der Waals surface area contributed by atoms with Gasteiger partial charge in [-0.1, -0.05) is 80.6 Å². The van der Waals surface area contributed by atoms with E-state index in [9.17, 15) is 14.7 Å². The fourth-order valence-corrected chi connectivity index (χ4v) is 3.73. The Morgan fingerprint density at radius 3 is 2.23 bits per heavy atom. The number of amides is 1. The number of carbonyl (C=O) groups is 2. The molecule has 1 amide bonds. The molecule has 3 rings (SSSR count). The lowest BCUT2D eigenvalue weighted by atomic mass is 9.95. The molecule has 0 fully saturated rings. The average Bonchev–Trinajstić information content (AvgIpc) is 3.04. The summed E-state index contributed by atoms with van der Waals surface area (Å²) in [6, 6.07) is 18.3. The minimum atomic E-state index is -0.595. The van der Waals surface area contributed by atoms with Crippen LogP contribution in [0.25, 0.3) is 6.08 Å². The molecule has 0 aromatic heterocycles. The summed E-state index contributed by atoms with van der Waals surface area (Å²) in [4.78, 5) is 29.8. The van der Waals surface area contributed by atoms with E-state index in [1.807, 2.05) is 60.7 Å². The molecule has 1 aliphatic rings. The van der Waals surface area contributed by atoms with E-state index in [1.165, 1.54) is 6.08 Å². The molecular weight excluding hydrogens is 376 g/mol. The number of carbonyl (C=O) groups excluding carboxylic acids is 2. The standard InChI is InChI=1S/C25H28N2O3/c1-3-26(4-2)17-18-27-23(20-13-9-6-10-14-20)22(24(29)25(27)30)21(28)16-15-19-11-7-5-8-12-19/h5-16,23,29H,3-4,17-18H2,1-2H3. The summed E-state index contributed by atoms with van der Waals surface area (Å²) < 4.78 is 0. The van der Waals surface area contributed by atoms with Crippen molar-refractivity contribution in [3.8, 4) is 0 Å². The summed E-state index contributed by atoms with van der Waals surface area (Å²) >= 11 is 0. The quantitative estimate of drug-likeness (QED) is 0.642. The van der Waals surface area contributed by atoms with Gasteiger partial charge in [0, 0.05) is 13.1 Å². The van der Waals surface area contributed by atoms with Gasteiger partial charge in [0.1, 0.15) is 0 Å². The molecule has 1 heterocycles. The van der Waals surface area contributed by atoms with E-state index < -0.39 is 17.7 Å². The van der Waals surface area contributed by atoms with E-state index in [2.05, 4.69) is 18.7 Å². The Morgan fingerprint density at radius 2 is 1.63 bits per heavy atom. The summed E-state index contributed by atoms with van der Waals surface area (Å²) in [6.45, 7) is 7.01. The first kappa shape index (κ1) is 21.5.